The van der Waals surface area contributed by atoms with Gasteiger partial charge in [-0.25, -0.2) is 18.7 Å². The fourth-order valence-electron chi connectivity index (χ4n) is 3.81. The minimum absolute atomic E-state index is 0.00442. The molecule has 0 fully saturated rings. The zero-order valence-electron chi connectivity index (χ0n) is 19.1. The van der Waals surface area contributed by atoms with Crippen molar-refractivity contribution in [1.82, 2.24) is 25.3 Å². The number of anilines is 1. The summed E-state index contributed by atoms with van der Waals surface area (Å²) in [5, 5.41) is 6.23. The van der Waals surface area contributed by atoms with Gasteiger partial charge >= 0.3 is 0 Å². The molecular weight excluding hydrogens is 438 g/mol. The third kappa shape index (κ3) is 4.68. The Labute approximate surface area is 195 Å². The first-order chi connectivity index (χ1) is 16.4. The quantitative estimate of drug-likeness (QED) is 0.416. The van der Waals surface area contributed by atoms with E-state index in [1.54, 1.807) is 31.3 Å². The molecule has 0 saturated carbocycles. The van der Waals surface area contributed by atoms with E-state index in [0.717, 1.165) is 18.2 Å². The summed E-state index contributed by atoms with van der Waals surface area (Å²) >= 11 is 0. The maximum Gasteiger partial charge on any atom is 0.254 e. The Balaban J connectivity index is 1.49. The number of carbonyl (C=O) groups is 1. The van der Waals surface area contributed by atoms with Gasteiger partial charge in [0.1, 0.15) is 18.0 Å². The molecular formula is C25H24F2N6O. The number of nitrogens with zero attached hydrogens (tertiary/aromatic N) is 4. The second-order valence-corrected chi connectivity index (χ2v) is 8.00. The van der Waals surface area contributed by atoms with Gasteiger partial charge in [0.25, 0.3) is 5.91 Å². The lowest BCUT2D eigenvalue weighted by atomic mass is 9.93. The summed E-state index contributed by atoms with van der Waals surface area (Å²) in [5.41, 5.74) is 3.00. The molecule has 1 aromatic carbocycles. The van der Waals surface area contributed by atoms with Gasteiger partial charge in [0.2, 0.25) is 0 Å². The molecule has 9 heteroatoms. The van der Waals surface area contributed by atoms with Gasteiger partial charge in [-0.3, -0.25) is 14.8 Å². The van der Waals surface area contributed by atoms with Crippen LogP contribution in [0.25, 0.3) is 22.2 Å². The van der Waals surface area contributed by atoms with Gasteiger partial charge in [-0.15, -0.1) is 0 Å². The van der Waals surface area contributed by atoms with E-state index in [1.807, 2.05) is 13.0 Å². The number of amides is 1. The first-order valence-corrected chi connectivity index (χ1v) is 10.9. The van der Waals surface area contributed by atoms with Crippen molar-refractivity contribution in [3.8, 4) is 11.3 Å². The van der Waals surface area contributed by atoms with Crippen LogP contribution in [-0.4, -0.2) is 39.4 Å². The van der Waals surface area contributed by atoms with Crippen LogP contribution in [0, 0.1) is 18.6 Å². The number of aryl methyl sites for hydroxylation is 1. The molecule has 1 amide bonds. The summed E-state index contributed by atoms with van der Waals surface area (Å²) in [4.78, 5) is 29.0. The van der Waals surface area contributed by atoms with E-state index in [1.165, 1.54) is 19.4 Å². The van der Waals surface area contributed by atoms with Crippen molar-refractivity contribution in [2.24, 2.45) is 0 Å². The summed E-state index contributed by atoms with van der Waals surface area (Å²) in [6, 6.07) is 8.60. The molecule has 1 atom stereocenters. The van der Waals surface area contributed by atoms with Crippen molar-refractivity contribution >= 4 is 22.6 Å². The predicted molar refractivity (Wildman–Crippen MR) is 127 cm³/mol. The van der Waals surface area contributed by atoms with Crippen LogP contribution in [0.15, 0.2) is 49.1 Å². The third-order valence-corrected chi connectivity index (χ3v) is 5.74. The largest absolute Gasteiger partial charge is 0.370 e. The van der Waals surface area contributed by atoms with Gasteiger partial charge in [-0.1, -0.05) is 25.1 Å². The van der Waals surface area contributed by atoms with Crippen LogP contribution in [-0.2, 0) is 0 Å². The molecule has 1 unspecified atom stereocenters. The fraction of sp³-hybridized carbons (Fsp3) is 0.240. The first kappa shape index (κ1) is 23.2. The highest BCUT2D eigenvalue weighted by atomic mass is 19.1. The van der Waals surface area contributed by atoms with E-state index in [2.05, 4.69) is 30.6 Å². The molecule has 4 aromatic rings. The third-order valence-electron chi connectivity index (χ3n) is 5.74. The van der Waals surface area contributed by atoms with Crippen LogP contribution < -0.4 is 10.6 Å². The highest BCUT2D eigenvalue weighted by molar-refractivity contribution is 6.06. The second kappa shape index (κ2) is 9.86. The van der Waals surface area contributed by atoms with Crippen molar-refractivity contribution in [2.45, 2.75) is 26.2 Å². The SMILES string of the molecule is CNC(=O)c1c(F)cnc2c(C(C)CCNc3cc(-c4cnc(C)c(F)c4)ncn3)cccc12. The molecule has 4 rings (SSSR count). The van der Waals surface area contributed by atoms with Crippen molar-refractivity contribution in [2.75, 3.05) is 18.9 Å². The molecule has 174 valence electrons. The topological polar surface area (TPSA) is 92.7 Å². The minimum atomic E-state index is -0.651. The highest BCUT2D eigenvalue weighted by Crippen LogP contribution is 2.29. The number of pyridine rings is 2. The lowest BCUT2D eigenvalue weighted by molar-refractivity contribution is 0.0960. The van der Waals surface area contributed by atoms with Crippen LogP contribution in [0.4, 0.5) is 14.6 Å². The number of hydrogen-bond donors (Lipinski definition) is 2. The van der Waals surface area contributed by atoms with Crippen molar-refractivity contribution in [3.63, 3.8) is 0 Å². The molecule has 0 saturated heterocycles. The Morgan fingerprint density at radius 1 is 1.06 bits per heavy atom. The standard InChI is InChI=1S/C25H24F2N6O/c1-14(17-5-4-6-18-23(25(34)28-3)20(27)12-31-24(17)18)7-8-29-22-10-21(32-13-33-22)16-9-19(26)15(2)30-11-16/h4-6,9-14H,7-8H2,1-3H3,(H,28,34)(H,29,32,33). The molecule has 7 nitrogen and oxygen atoms in total. The maximum atomic E-state index is 14.3. The lowest BCUT2D eigenvalue weighted by Crippen LogP contribution is -2.20. The van der Waals surface area contributed by atoms with Gasteiger partial charge in [0, 0.05) is 36.8 Å². The summed E-state index contributed by atoms with van der Waals surface area (Å²) in [5.74, 6) is -0.842. The Morgan fingerprint density at radius 3 is 2.65 bits per heavy atom. The average Bonchev–Trinajstić information content (AvgIpc) is 2.85. The Bertz CT molecular complexity index is 1360. The molecule has 0 aliphatic carbocycles. The number of halogens is 2. The van der Waals surface area contributed by atoms with Crippen molar-refractivity contribution in [1.29, 1.82) is 0 Å². The van der Waals surface area contributed by atoms with E-state index in [9.17, 15) is 13.6 Å². The average molecular weight is 463 g/mol. The van der Waals surface area contributed by atoms with Gasteiger partial charge in [-0.05, 0) is 30.9 Å². The number of para-hydroxylation sites is 1. The minimum Gasteiger partial charge on any atom is -0.370 e. The van der Waals surface area contributed by atoms with E-state index < -0.39 is 11.7 Å². The number of hydrogen-bond acceptors (Lipinski definition) is 6. The number of rotatable bonds is 7. The molecule has 3 aromatic heterocycles. The summed E-state index contributed by atoms with van der Waals surface area (Å²) in [7, 11) is 1.47. The van der Waals surface area contributed by atoms with Gasteiger partial charge in [-0.2, -0.15) is 0 Å². The number of fused-ring (bicyclic) bond motifs is 1. The number of nitrogens with one attached hydrogen (secondary N) is 2. The van der Waals surface area contributed by atoms with Crippen molar-refractivity contribution < 1.29 is 13.6 Å². The normalized spacial score (nSPS) is 11.9. The number of aromatic nitrogens is 4. The molecule has 34 heavy (non-hydrogen) atoms. The van der Waals surface area contributed by atoms with Crippen molar-refractivity contribution in [3.05, 3.63) is 77.5 Å². The van der Waals surface area contributed by atoms with Crippen LogP contribution in [0.1, 0.15) is 40.9 Å². The Morgan fingerprint density at radius 2 is 1.88 bits per heavy atom. The van der Waals surface area contributed by atoms with Crippen LogP contribution in [0.2, 0.25) is 0 Å². The zero-order valence-corrected chi connectivity index (χ0v) is 19.1. The van der Waals surface area contributed by atoms with E-state index in [0.29, 0.717) is 40.2 Å². The summed E-state index contributed by atoms with van der Waals surface area (Å²) < 4.78 is 28.2. The summed E-state index contributed by atoms with van der Waals surface area (Å²) in [6.07, 6.45) is 4.82. The summed E-state index contributed by atoms with van der Waals surface area (Å²) in [6.45, 7) is 4.25. The van der Waals surface area contributed by atoms with E-state index in [4.69, 9.17) is 0 Å². The first-order valence-electron chi connectivity index (χ1n) is 10.9. The molecule has 0 aliphatic rings. The second-order valence-electron chi connectivity index (χ2n) is 8.00. The predicted octanol–water partition coefficient (Wildman–Crippen LogP) is 4.64. The highest BCUT2D eigenvalue weighted by Gasteiger charge is 2.19. The number of benzene rings is 1. The van der Waals surface area contributed by atoms with Gasteiger partial charge in [0.05, 0.1) is 28.7 Å². The molecule has 0 bridgehead atoms. The molecule has 0 radical (unpaired) electrons. The Kier molecular flexibility index (Phi) is 6.72. The molecule has 0 spiro atoms. The smallest absolute Gasteiger partial charge is 0.254 e. The van der Waals surface area contributed by atoms with Crippen LogP contribution in [0.3, 0.4) is 0 Å². The Hall–Kier alpha value is -4.01. The molecule has 3 heterocycles. The maximum absolute atomic E-state index is 14.3. The lowest BCUT2D eigenvalue weighted by Gasteiger charge is -2.16. The van der Waals surface area contributed by atoms with E-state index in [-0.39, 0.29) is 17.3 Å². The van der Waals surface area contributed by atoms with Crippen LogP contribution in [0.5, 0.6) is 0 Å². The van der Waals surface area contributed by atoms with Crippen LogP contribution >= 0.6 is 0 Å². The monoisotopic (exact) mass is 462 g/mol. The van der Waals surface area contributed by atoms with Gasteiger partial charge in [0.15, 0.2) is 5.82 Å². The molecule has 2 N–H and O–H groups in total. The van der Waals surface area contributed by atoms with E-state index >= 15 is 0 Å². The zero-order chi connectivity index (χ0) is 24.2. The molecule has 0 aliphatic heterocycles. The fourth-order valence-corrected chi connectivity index (χ4v) is 3.81. The number of carbonyl (C=O) groups excluding carboxylic acids is 1. The van der Waals surface area contributed by atoms with Gasteiger partial charge < -0.3 is 10.6 Å².